The molecule has 1 aliphatic carbocycles. The molecule has 1 aromatic rings. The van der Waals surface area contributed by atoms with Gasteiger partial charge in [-0.05, 0) is 57.2 Å². The van der Waals surface area contributed by atoms with Gasteiger partial charge in [0.1, 0.15) is 5.75 Å². The van der Waals surface area contributed by atoms with Crippen LogP contribution in [-0.2, 0) is 6.42 Å². The van der Waals surface area contributed by atoms with Crippen molar-refractivity contribution in [2.75, 3.05) is 6.54 Å². The average molecular weight is 247 g/mol. The number of nitrogens with one attached hydrogen (secondary N) is 1. The number of aryl methyl sites for hydroxylation is 1. The van der Waals surface area contributed by atoms with Crippen molar-refractivity contribution in [2.45, 2.75) is 58.1 Å². The fraction of sp³-hybridized carbons (Fsp3) is 0.625. The minimum Gasteiger partial charge on any atom is -0.490 e. The minimum atomic E-state index is 0.304. The maximum Gasteiger partial charge on any atom is 0.122 e. The lowest BCUT2D eigenvalue weighted by Crippen LogP contribution is -2.20. The molecule has 2 nitrogen and oxygen atoms in total. The molecule has 100 valence electrons. The van der Waals surface area contributed by atoms with E-state index in [4.69, 9.17) is 4.74 Å². The largest absolute Gasteiger partial charge is 0.490 e. The van der Waals surface area contributed by atoms with Crippen molar-refractivity contribution in [3.05, 3.63) is 29.8 Å². The van der Waals surface area contributed by atoms with Crippen molar-refractivity contribution in [1.82, 2.24) is 5.32 Å². The zero-order valence-corrected chi connectivity index (χ0v) is 11.6. The fourth-order valence-electron chi connectivity index (χ4n) is 2.17. The number of hydrogen-bond donors (Lipinski definition) is 1. The van der Waals surface area contributed by atoms with Gasteiger partial charge in [-0.3, -0.25) is 0 Å². The van der Waals surface area contributed by atoms with E-state index in [0.717, 1.165) is 31.2 Å². The van der Waals surface area contributed by atoms with Crippen molar-refractivity contribution >= 4 is 0 Å². The van der Waals surface area contributed by atoms with Crippen LogP contribution in [0.15, 0.2) is 24.3 Å². The summed E-state index contributed by atoms with van der Waals surface area (Å²) in [7, 11) is 0. The van der Waals surface area contributed by atoms with Gasteiger partial charge in [-0.25, -0.2) is 0 Å². The number of hydrogen-bond acceptors (Lipinski definition) is 2. The molecular formula is C16H25NO. The van der Waals surface area contributed by atoms with E-state index in [1.54, 1.807) is 0 Å². The molecule has 18 heavy (non-hydrogen) atoms. The number of benzene rings is 1. The Bertz CT molecular complexity index is 360. The van der Waals surface area contributed by atoms with Crippen LogP contribution in [0.4, 0.5) is 0 Å². The molecule has 1 aliphatic rings. The normalized spacial score (nSPS) is 16.6. The van der Waals surface area contributed by atoms with E-state index in [1.165, 1.54) is 24.8 Å². The van der Waals surface area contributed by atoms with Gasteiger partial charge >= 0.3 is 0 Å². The summed E-state index contributed by atoms with van der Waals surface area (Å²) in [5.41, 5.74) is 1.31. The summed E-state index contributed by atoms with van der Waals surface area (Å²) in [6.45, 7) is 5.48. The standard InChI is InChI=1S/C16H25NO/c1-3-14-8-4-5-9-16(14)18-13(2)7-6-12-17-15-10-11-15/h4-5,8-9,13,15,17H,3,6-7,10-12H2,1-2H3. The van der Waals surface area contributed by atoms with Crippen molar-refractivity contribution in [3.63, 3.8) is 0 Å². The Kier molecular flexibility index (Phi) is 5.06. The van der Waals surface area contributed by atoms with Gasteiger partial charge in [0, 0.05) is 6.04 Å². The highest BCUT2D eigenvalue weighted by atomic mass is 16.5. The summed E-state index contributed by atoms with van der Waals surface area (Å²) in [6, 6.07) is 9.18. The summed E-state index contributed by atoms with van der Waals surface area (Å²) < 4.78 is 6.03. The first kappa shape index (κ1) is 13.4. The third-order valence-corrected chi connectivity index (χ3v) is 3.48. The van der Waals surface area contributed by atoms with Crippen LogP contribution < -0.4 is 10.1 Å². The van der Waals surface area contributed by atoms with E-state index < -0.39 is 0 Å². The molecule has 2 heteroatoms. The molecule has 0 aliphatic heterocycles. The first-order valence-corrected chi connectivity index (χ1v) is 7.27. The van der Waals surface area contributed by atoms with Crippen LogP contribution in [-0.4, -0.2) is 18.7 Å². The Balaban J connectivity index is 1.70. The Labute approximate surface area is 111 Å². The first-order valence-electron chi connectivity index (χ1n) is 7.27. The first-order chi connectivity index (χ1) is 8.79. The molecular weight excluding hydrogens is 222 g/mol. The summed E-state index contributed by atoms with van der Waals surface area (Å²) in [5, 5.41) is 3.54. The number of rotatable bonds is 8. The topological polar surface area (TPSA) is 21.3 Å². The highest BCUT2D eigenvalue weighted by Gasteiger charge is 2.19. The Morgan fingerprint density at radius 3 is 2.83 bits per heavy atom. The summed E-state index contributed by atoms with van der Waals surface area (Å²) >= 11 is 0. The van der Waals surface area contributed by atoms with E-state index in [9.17, 15) is 0 Å². The monoisotopic (exact) mass is 247 g/mol. The molecule has 1 saturated carbocycles. The second-order valence-corrected chi connectivity index (χ2v) is 5.26. The van der Waals surface area contributed by atoms with Gasteiger partial charge in [-0.1, -0.05) is 25.1 Å². The molecule has 2 rings (SSSR count). The molecule has 0 saturated heterocycles. The minimum absolute atomic E-state index is 0.304. The van der Waals surface area contributed by atoms with Gasteiger partial charge in [-0.2, -0.15) is 0 Å². The predicted octanol–water partition coefficient (Wildman–Crippen LogP) is 3.55. The Morgan fingerprint density at radius 2 is 2.11 bits per heavy atom. The highest BCUT2D eigenvalue weighted by molar-refractivity contribution is 5.33. The molecule has 1 unspecified atom stereocenters. The molecule has 0 aromatic heterocycles. The van der Waals surface area contributed by atoms with Crippen LogP contribution in [0.1, 0.15) is 45.1 Å². The molecule has 0 bridgehead atoms. The third-order valence-electron chi connectivity index (χ3n) is 3.48. The zero-order valence-electron chi connectivity index (χ0n) is 11.6. The average Bonchev–Trinajstić information content (AvgIpc) is 3.19. The van der Waals surface area contributed by atoms with E-state index in [1.807, 2.05) is 0 Å². The van der Waals surface area contributed by atoms with Crippen LogP contribution in [0.3, 0.4) is 0 Å². The number of para-hydroxylation sites is 1. The Hall–Kier alpha value is -1.02. The fourth-order valence-corrected chi connectivity index (χ4v) is 2.17. The molecule has 0 spiro atoms. The second-order valence-electron chi connectivity index (χ2n) is 5.26. The molecule has 0 heterocycles. The highest BCUT2D eigenvalue weighted by Crippen LogP contribution is 2.21. The van der Waals surface area contributed by atoms with Gasteiger partial charge in [0.15, 0.2) is 0 Å². The maximum absolute atomic E-state index is 6.03. The van der Waals surface area contributed by atoms with Crippen molar-refractivity contribution in [2.24, 2.45) is 0 Å². The molecule has 0 amide bonds. The lowest BCUT2D eigenvalue weighted by Gasteiger charge is -2.17. The van der Waals surface area contributed by atoms with E-state index >= 15 is 0 Å². The predicted molar refractivity (Wildman–Crippen MR) is 76.2 cm³/mol. The second kappa shape index (κ2) is 6.79. The van der Waals surface area contributed by atoms with Gasteiger partial charge < -0.3 is 10.1 Å². The van der Waals surface area contributed by atoms with E-state index in [2.05, 4.69) is 43.4 Å². The maximum atomic E-state index is 6.03. The zero-order chi connectivity index (χ0) is 12.8. The van der Waals surface area contributed by atoms with Crippen LogP contribution >= 0.6 is 0 Å². The SMILES string of the molecule is CCc1ccccc1OC(C)CCCNC1CC1. The van der Waals surface area contributed by atoms with Gasteiger partial charge in [-0.15, -0.1) is 0 Å². The summed E-state index contributed by atoms with van der Waals surface area (Å²) in [4.78, 5) is 0. The molecule has 1 N–H and O–H groups in total. The van der Waals surface area contributed by atoms with Gasteiger partial charge in [0.2, 0.25) is 0 Å². The van der Waals surface area contributed by atoms with Crippen molar-refractivity contribution < 1.29 is 4.74 Å². The van der Waals surface area contributed by atoms with Crippen LogP contribution in [0.25, 0.3) is 0 Å². The smallest absolute Gasteiger partial charge is 0.122 e. The molecule has 1 atom stereocenters. The molecule has 1 aromatic carbocycles. The summed E-state index contributed by atoms with van der Waals surface area (Å²) in [5.74, 6) is 1.06. The Morgan fingerprint density at radius 1 is 1.33 bits per heavy atom. The van der Waals surface area contributed by atoms with Gasteiger partial charge in [0.05, 0.1) is 6.10 Å². The molecule has 0 radical (unpaired) electrons. The number of ether oxygens (including phenoxy) is 1. The molecule has 1 fully saturated rings. The van der Waals surface area contributed by atoms with Crippen molar-refractivity contribution in [1.29, 1.82) is 0 Å². The van der Waals surface area contributed by atoms with Crippen molar-refractivity contribution in [3.8, 4) is 5.75 Å². The van der Waals surface area contributed by atoms with E-state index in [0.29, 0.717) is 6.10 Å². The summed E-state index contributed by atoms with van der Waals surface area (Å²) in [6.07, 6.45) is 6.40. The van der Waals surface area contributed by atoms with Crippen LogP contribution in [0.2, 0.25) is 0 Å². The van der Waals surface area contributed by atoms with E-state index in [-0.39, 0.29) is 0 Å². The lowest BCUT2D eigenvalue weighted by atomic mass is 10.1. The van der Waals surface area contributed by atoms with Crippen LogP contribution in [0.5, 0.6) is 5.75 Å². The van der Waals surface area contributed by atoms with Gasteiger partial charge in [0.25, 0.3) is 0 Å². The lowest BCUT2D eigenvalue weighted by molar-refractivity contribution is 0.205. The quantitative estimate of drug-likeness (QED) is 0.709. The third kappa shape index (κ3) is 4.34. The van der Waals surface area contributed by atoms with Crippen LogP contribution in [0, 0.1) is 0 Å².